The molecule has 1 N–H and O–H groups in total. The summed E-state index contributed by atoms with van der Waals surface area (Å²) < 4.78 is 52.1. The van der Waals surface area contributed by atoms with Crippen LogP contribution < -0.4 is 38.4 Å². The van der Waals surface area contributed by atoms with Gasteiger partial charge in [-0.2, -0.15) is 8.78 Å². The van der Waals surface area contributed by atoms with Crippen LogP contribution in [-0.4, -0.2) is 35.5 Å². The van der Waals surface area contributed by atoms with Crippen molar-refractivity contribution in [2.24, 2.45) is 0 Å². The van der Waals surface area contributed by atoms with Crippen LogP contribution in [0.2, 0.25) is 0 Å². The number of ether oxygens (including phenoxy) is 3. The number of benzene rings is 1. The molecule has 0 radical (unpaired) electrons. The van der Waals surface area contributed by atoms with Crippen LogP contribution in [0.25, 0.3) is 5.32 Å². The molecule has 7 nitrogen and oxygen atoms in total. The van der Waals surface area contributed by atoms with Crippen LogP contribution in [0, 0.1) is 0 Å². The molecule has 27 heavy (non-hydrogen) atoms. The molecule has 1 aliphatic heterocycles. The van der Waals surface area contributed by atoms with Gasteiger partial charge in [-0.15, -0.1) is 5.69 Å². The largest absolute Gasteiger partial charge is 1.00 e. The minimum Gasteiger partial charge on any atom is -0.653 e. The number of halogens is 2. The molecule has 2 atom stereocenters. The van der Waals surface area contributed by atoms with Crippen LogP contribution >= 0.6 is 0 Å². The SMILES string of the molecule is COc1ccnc(CS(=O)[C@H]2[N-]c3cc(OC(F)F)ccc3N2)c1OC.[Li+]. The fraction of sp³-hybridized carbons (Fsp3) is 0.312. The number of aromatic nitrogens is 1. The molecule has 0 aliphatic carbocycles. The van der Waals surface area contributed by atoms with Gasteiger partial charge in [0.2, 0.25) is 0 Å². The van der Waals surface area contributed by atoms with Crippen molar-refractivity contribution in [1.82, 2.24) is 4.98 Å². The molecule has 0 saturated heterocycles. The third-order valence-electron chi connectivity index (χ3n) is 3.62. The van der Waals surface area contributed by atoms with Gasteiger partial charge >= 0.3 is 25.5 Å². The van der Waals surface area contributed by atoms with Gasteiger partial charge in [0.1, 0.15) is 5.75 Å². The fourth-order valence-electron chi connectivity index (χ4n) is 2.50. The van der Waals surface area contributed by atoms with Crippen molar-refractivity contribution in [1.29, 1.82) is 0 Å². The Morgan fingerprint density at radius 1 is 1.30 bits per heavy atom. The molecular weight excluding hydrogens is 375 g/mol. The first kappa shape index (κ1) is 21.3. The normalized spacial score (nSPS) is 15.8. The number of alkyl halides is 2. The molecule has 1 aromatic heterocycles. The zero-order chi connectivity index (χ0) is 18.7. The van der Waals surface area contributed by atoms with Crippen LogP contribution in [-0.2, 0) is 16.6 Å². The van der Waals surface area contributed by atoms with Gasteiger partial charge in [-0.25, -0.2) is 0 Å². The second kappa shape index (κ2) is 9.26. The molecule has 3 rings (SSSR count). The van der Waals surface area contributed by atoms with Crippen molar-refractivity contribution >= 4 is 22.2 Å². The minimum absolute atomic E-state index is 0. The number of pyridine rings is 1. The van der Waals surface area contributed by atoms with Crippen LogP contribution in [0.1, 0.15) is 5.69 Å². The van der Waals surface area contributed by atoms with Gasteiger partial charge in [-0.1, -0.05) is 0 Å². The Kier molecular flexibility index (Phi) is 7.30. The number of hydrogen-bond acceptors (Lipinski definition) is 6. The number of nitrogens with one attached hydrogen (secondary N) is 1. The Hall–Kier alpha value is -2.02. The van der Waals surface area contributed by atoms with Gasteiger partial charge in [0.05, 0.1) is 25.7 Å². The second-order valence-electron chi connectivity index (χ2n) is 5.20. The number of fused-ring (bicyclic) bond motifs is 1. The topological polar surface area (TPSA) is 83.8 Å². The van der Waals surface area contributed by atoms with E-state index in [0.717, 1.165) is 0 Å². The molecule has 1 aromatic carbocycles. The van der Waals surface area contributed by atoms with Crippen molar-refractivity contribution in [2.45, 2.75) is 17.9 Å². The summed E-state index contributed by atoms with van der Waals surface area (Å²) in [5.74, 6) is 0.969. The molecule has 0 saturated carbocycles. The van der Waals surface area contributed by atoms with Gasteiger partial charge in [-0.05, 0) is 18.2 Å². The summed E-state index contributed by atoms with van der Waals surface area (Å²) in [4.78, 5) is 4.19. The van der Waals surface area contributed by atoms with E-state index in [1.807, 2.05) is 0 Å². The van der Waals surface area contributed by atoms with Gasteiger partial charge < -0.3 is 24.8 Å². The smallest absolute Gasteiger partial charge is 0.653 e. The standard InChI is InChI=1S/C16H16F2N3O4S.Li/c1-23-13-5-6-19-12(14(13)24-2)8-26(22)16-20-10-4-3-9(25-15(17)18)7-11(10)21-16;/h3-7,15-16,20H,8H2,1-2H3;/q-1;+1/t16-,26?;/m1./s1. The zero-order valence-corrected chi connectivity index (χ0v) is 15.8. The summed E-state index contributed by atoms with van der Waals surface area (Å²) in [5, 5.41) is 7.27. The van der Waals surface area contributed by atoms with Gasteiger partial charge in [0.15, 0.2) is 11.5 Å². The first-order valence-corrected chi connectivity index (χ1v) is 8.89. The van der Waals surface area contributed by atoms with E-state index in [0.29, 0.717) is 28.6 Å². The summed E-state index contributed by atoms with van der Waals surface area (Å²) >= 11 is 0. The summed E-state index contributed by atoms with van der Waals surface area (Å²) in [7, 11) is 1.50. The van der Waals surface area contributed by atoms with E-state index in [1.54, 1.807) is 12.1 Å². The third-order valence-corrected chi connectivity index (χ3v) is 4.90. The summed E-state index contributed by atoms with van der Waals surface area (Å²) in [5.41, 5.74) is 0.743. The maximum absolute atomic E-state index is 12.7. The molecule has 140 valence electrons. The van der Waals surface area contributed by atoms with Crippen molar-refractivity contribution in [3.05, 3.63) is 41.5 Å². The number of anilines is 1. The van der Waals surface area contributed by atoms with E-state index in [2.05, 4.69) is 20.4 Å². The molecule has 0 bridgehead atoms. The first-order chi connectivity index (χ1) is 12.5. The van der Waals surface area contributed by atoms with Gasteiger partial charge in [0.25, 0.3) is 0 Å². The van der Waals surface area contributed by atoms with E-state index in [9.17, 15) is 13.0 Å². The van der Waals surface area contributed by atoms with E-state index in [4.69, 9.17) is 9.47 Å². The average molecular weight is 391 g/mol. The van der Waals surface area contributed by atoms with Crippen LogP contribution in [0.15, 0.2) is 30.5 Å². The Balaban J connectivity index is 0.00000261. The molecule has 0 spiro atoms. The van der Waals surface area contributed by atoms with E-state index >= 15 is 0 Å². The number of nitrogens with zero attached hydrogens (tertiary/aromatic N) is 2. The first-order valence-electron chi connectivity index (χ1n) is 7.51. The van der Waals surface area contributed by atoms with Crippen molar-refractivity contribution < 1.29 is 46.1 Å². The molecule has 2 heterocycles. The Labute approximate surface area is 169 Å². The average Bonchev–Trinajstić information content (AvgIpc) is 3.04. The number of hydrogen-bond donors (Lipinski definition) is 1. The molecule has 1 unspecified atom stereocenters. The van der Waals surface area contributed by atoms with Gasteiger partial charge in [0, 0.05) is 34.2 Å². The molecule has 11 heteroatoms. The maximum atomic E-state index is 12.7. The van der Waals surface area contributed by atoms with Crippen LogP contribution in [0.4, 0.5) is 20.2 Å². The predicted molar refractivity (Wildman–Crippen MR) is 92.7 cm³/mol. The van der Waals surface area contributed by atoms with Crippen molar-refractivity contribution in [3.8, 4) is 17.2 Å². The number of methoxy groups -OCH3 is 2. The summed E-state index contributed by atoms with van der Waals surface area (Å²) in [6, 6.07) is 5.96. The van der Waals surface area contributed by atoms with Crippen LogP contribution in [0.3, 0.4) is 0 Å². The zero-order valence-electron chi connectivity index (χ0n) is 14.9. The van der Waals surface area contributed by atoms with E-state index in [1.165, 1.54) is 32.5 Å². The summed E-state index contributed by atoms with van der Waals surface area (Å²) in [6.45, 7) is -2.92. The maximum Gasteiger partial charge on any atom is 1.00 e. The quantitative estimate of drug-likeness (QED) is 0.687. The van der Waals surface area contributed by atoms with E-state index < -0.39 is 22.9 Å². The minimum atomic E-state index is -2.92. The van der Waals surface area contributed by atoms with Crippen molar-refractivity contribution in [2.75, 3.05) is 19.5 Å². The summed E-state index contributed by atoms with van der Waals surface area (Å²) in [6.07, 6.45) is 1.54. The molecule has 0 fully saturated rings. The Bertz CT molecular complexity index is 828. The Morgan fingerprint density at radius 2 is 2.07 bits per heavy atom. The van der Waals surface area contributed by atoms with Crippen LogP contribution in [0.5, 0.6) is 17.2 Å². The number of rotatable bonds is 7. The second-order valence-corrected chi connectivity index (χ2v) is 6.70. The molecule has 1 aliphatic rings. The third kappa shape index (κ3) is 4.83. The fourth-order valence-corrected chi connectivity index (χ4v) is 3.62. The van der Waals surface area contributed by atoms with E-state index in [-0.39, 0.29) is 30.4 Å². The molecule has 2 aromatic rings. The predicted octanol–water partition coefficient (Wildman–Crippen LogP) is 0.367. The molecule has 0 amide bonds. The molecular formula is C16H16F2LiN3O4S. The monoisotopic (exact) mass is 391 g/mol. The van der Waals surface area contributed by atoms with Crippen molar-refractivity contribution in [3.63, 3.8) is 0 Å². The van der Waals surface area contributed by atoms with Gasteiger partial charge in [-0.3, -0.25) is 9.19 Å². The Morgan fingerprint density at radius 3 is 2.74 bits per heavy atom.